The van der Waals surface area contributed by atoms with Gasteiger partial charge in [0.25, 0.3) is 0 Å². The molecule has 0 aromatic rings. The molecule has 0 saturated heterocycles. The van der Waals surface area contributed by atoms with E-state index in [-0.39, 0.29) is 0 Å². The van der Waals surface area contributed by atoms with Gasteiger partial charge < -0.3 is 0 Å². The molecule has 4 nitrogen and oxygen atoms in total. The molecule has 0 aromatic carbocycles. The molecule has 10 radical (unpaired) electrons. The van der Waals surface area contributed by atoms with E-state index >= 15 is 0 Å². The first-order valence-corrected chi connectivity index (χ1v) is 5.10. The molecule has 0 aromatic heterocycles. The van der Waals surface area contributed by atoms with E-state index in [9.17, 15) is 9.59 Å². The first-order valence-electron chi connectivity index (χ1n) is 5.10. The summed E-state index contributed by atoms with van der Waals surface area (Å²) in [5.74, 6) is -1.97. The molecule has 0 saturated carbocycles. The van der Waals surface area contributed by atoms with E-state index in [0.29, 0.717) is 0 Å². The second-order valence-electron chi connectivity index (χ2n) is 2.93. The minimum atomic E-state index is -0.983. The SMILES string of the molecule is O=C(O)[B][B][B][B][B][B][B][B][B]B=B[B]C(=O)O. The van der Waals surface area contributed by atoms with Gasteiger partial charge in [-0.25, -0.2) is 0 Å². The van der Waals surface area contributed by atoms with Crippen LogP contribution in [0.3, 0.4) is 0 Å². The first-order chi connectivity index (χ1) is 8.63. The van der Waals surface area contributed by atoms with Gasteiger partial charge in [0.2, 0.25) is 0 Å². The molecule has 0 amide bonds. The van der Waals surface area contributed by atoms with Crippen molar-refractivity contribution in [2.45, 2.75) is 0 Å². The van der Waals surface area contributed by atoms with E-state index in [1.54, 1.807) is 56.1 Å². The van der Waals surface area contributed by atoms with Crippen LogP contribution in [0.2, 0.25) is 0 Å². The molecule has 0 aliphatic rings. The number of carboxylic acid groups (broad SMARTS) is 2. The van der Waals surface area contributed by atoms with Crippen molar-refractivity contribution in [2.24, 2.45) is 0 Å². The van der Waals surface area contributed by atoms with Gasteiger partial charge >= 0.3 is 116 Å². The van der Waals surface area contributed by atoms with Crippen LogP contribution in [0.4, 0.5) is 9.59 Å². The summed E-state index contributed by atoms with van der Waals surface area (Å²) in [6, 6.07) is 0. The molecular formula is C2H2B12O4. The standard InChI is InChI=1S/C2H2B12O4/c15-1(16)3-5-7-9-11-13-14-12-10-8-6-4-2(17)18/h(H,15,16)(H,17,18). The molecule has 0 fully saturated rings. The third kappa shape index (κ3) is 15.7. The van der Waals surface area contributed by atoms with Crippen LogP contribution >= 0.6 is 0 Å². The van der Waals surface area contributed by atoms with E-state index in [2.05, 4.69) is 0 Å². The van der Waals surface area contributed by atoms with Crippen molar-refractivity contribution in [1.29, 1.82) is 0 Å². The Bertz CT molecular complexity index is 267. The van der Waals surface area contributed by atoms with Gasteiger partial charge in [-0.05, 0) is 0 Å². The Labute approximate surface area is 116 Å². The molecule has 0 bridgehead atoms. The molecule has 0 spiro atoms. The molecule has 0 aliphatic heterocycles. The van der Waals surface area contributed by atoms with Crippen molar-refractivity contribution in [3.63, 3.8) is 0 Å². The minimum absolute atomic E-state index is 0.983. The summed E-state index contributed by atoms with van der Waals surface area (Å²) in [5, 5.41) is 16.6. The van der Waals surface area contributed by atoms with Crippen molar-refractivity contribution < 1.29 is 19.8 Å². The van der Waals surface area contributed by atoms with E-state index in [0.717, 1.165) is 14.3 Å². The molecule has 0 atom stereocenters. The van der Waals surface area contributed by atoms with E-state index in [4.69, 9.17) is 10.2 Å². The molecular weight excluding hydrogens is 218 g/mol. The average Bonchev–Trinajstić information content (AvgIpc) is 2.29. The molecule has 70 valence electrons. The zero-order valence-corrected chi connectivity index (χ0v) is 9.64. The van der Waals surface area contributed by atoms with Gasteiger partial charge in [-0.2, -0.15) is 0 Å². The summed E-state index contributed by atoms with van der Waals surface area (Å²) < 4.78 is 0. The number of hydrogen-bond donors (Lipinski definition) is 2. The molecule has 18 heavy (non-hydrogen) atoms. The van der Waals surface area contributed by atoms with Crippen LogP contribution < -0.4 is 0 Å². The zero-order valence-electron chi connectivity index (χ0n) is 9.64. The van der Waals surface area contributed by atoms with Crippen molar-refractivity contribution >= 4 is 96.0 Å². The van der Waals surface area contributed by atoms with Gasteiger partial charge in [0.15, 0.2) is 0 Å². The molecule has 16 heteroatoms. The van der Waals surface area contributed by atoms with Gasteiger partial charge in [0, 0.05) is 0 Å². The molecule has 0 rings (SSSR count). The van der Waals surface area contributed by atoms with E-state index in [1.807, 2.05) is 0 Å². The van der Waals surface area contributed by atoms with Crippen LogP contribution in [-0.4, -0.2) is 106 Å². The van der Waals surface area contributed by atoms with Crippen molar-refractivity contribution in [3.05, 3.63) is 0 Å². The Kier molecular flexibility index (Phi) is 13.0. The second-order valence-corrected chi connectivity index (χ2v) is 2.93. The van der Waals surface area contributed by atoms with Gasteiger partial charge in [-0.15, -0.1) is 0 Å². The van der Waals surface area contributed by atoms with E-state index < -0.39 is 11.7 Å². The topological polar surface area (TPSA) is 74.6 Å². The summed E-state index contributed by atoms with van der Waals surface area (Å²) in [6.45, 7) is 3.02. The van der Waals surface area contributed by atoms with Crippen LogP contribution in [0.25, 0.3) is 0 Å². The van der Waals surface area contributed by atoms with Crippen LogP contribution in [0.15, 0.2) is 0 Å². The Morgan fingerprint density at radius 2 is 1.00 bits per heavy atom. The van der Waals surface area contributed by atoms with E-state index in [1.165, 1.54) is 13.8 Å². The number of carbonyl (C=O) groups is 2. The Hall–Kier alpha value is -0.281. The predicted octanol–water partition coefficient (Wildman–Crippen LogP) is -4.14. The molecule has 0 heterocycles. The molecule has 0 aliphatic carbocycles. The summed E-state index contributed by atoms with van der Waals surface area (Å²) in [5.41, 5.74) is 0. The first kappa shape index (κ1) is 17.7. The second kappa shape index (κ2) is 13.2. The number of hydrogen-bond acceptors (Lipinski definition) is 2. The van der Waals surface area contributed by atoms with Gasteiger partial charge in [0.05, 0.1) is 0 Å². The van der Waals surface area contributed by atoms with Crippen molar-refractivity contribution in [1.82, 2.24) is 0 Å². The Balaban J connectivity index is 3.09. The van der Waals surface area contributed by atoms with Crippen molar-refractivity contribution in [2.75, 3.05) is 0 Å². The zero-order chi connectivity index (χ0) is 13.6. The molecule has 2 N–H and O–H groups in total. The van der Waals surface area contributed by atoms with Crippen LogP contribution in [-0.2, 0) is 0 Å². The Morgan fingerprint density at radius 3 is 1.50 bits per heavy atom. The van der Waals surface area contributed by atoms with Crippen LogP contribution in [0.5, 0.6) is 0 Å². The fraction of sp³-hybridized carbons (Fsp3) is 0. The third-order valence-corrected chi connectivity index (χ3v) is 1.48. The summed E-state index contributed by atoms with van der Waals surface area (Å²) in [4.78, 5) is 20.2. The van der Waals surface area contributed by atoms with Crippen LogP contribution in [0.1, 0.15) is 0 Å². The number of rotatable bonds is 12. The summed E-state index contributed by atoms with van der Waals surface area (Å²) >= 11 is 0. The fourth-order valence-electron chi connectivity index (χ4n) is 0.789. The fourth-order valence-corrected chi connectivity index (χ4v) is 0.789. The predicted molar refractivity (Wildman–Crippen MR) is 85.1 cm³/mol. The molecule has 0 unspecified atom stereocenters. The summed E-state index contributed by atoms with van der Waals surface area (Å²) in [6.07, 6.45) is 0. The third-order valence-electron chi connectivity index (χ3n) is 1.48. The average molecular weight is 220 g/mol. The monoisotopic (exact) mass is 222 g/mol. The normalized spacial score (nSPS) is 7.78. The quantitative estimate of drug-likeness (QED) is 0.258. The maximum absolute atomic E-state index is 10.1. The maximum atomic E-state index is 10.1. The van der Waals surface area contributed by atoms with Crippen LogP contribution in [0, 0.1) is 0 Å². The van der Waals surface area contributed by atoms with Gasteiger partial charge in [-0.3, -0.25) is 0 Å². The van der Waals surface area contributed by atoms with Crippen molar-refractivity contribution in [3.8, 4) is 0 Å². The summed E-state index contributed by atoms with van der Waals surface area (Å²) in [7, 11) is 15.5. The Morgan fingerprint density at radius 1 is 0.556 bits per heavy atom. The van der Waals surface area contributed by atoms with Gasteiger partial charge in [-0.1, -0.05) is 0 Å². The van der Waals surface area contributed by atoms with Gasteiger partial charge in [0.1, 0.15) is 0 Å².